The van der Waals surface area contributed by atoms with Crippen molar-refractivity contribution in [2.75, 3.05) is 26.4 Å². The fourth-order valence-electron chi connectivity index (χ4n) is 9.67. The van der Waals surface area contributed by atoms with Crippen molar-refractivity contribution in [3.63, 3.8) is 0 Å². The van der Waals surface area contributed by atoms with Crippen LogP contribution in [0.3, 0.4) is 0 Å². The Hall–Kier alpha value is -0.200. The Kier molecular flexibility index (Phi) is 4.53. The Morgan fingerprint density at radius 3 is 2.17 bits per heavy atom. The summed E-state index contributed by atoms with van der Waals surface area (Å²) in [6, 6.07) is 0. The summed E-state index contributed by atoms with van der Waals surface area (Å²) in [5, 5.41) is 11.7. The van der Waals surface area contributed by atoms with Crippen molar-refractivity contribution < 1.29 is 24.1 Å². The maximum absolute atomic E-state index is 11.7. The first kappa shape index (κ1) is 20.4. The van der Waals surface area contributed by atoms with Gasteiger partial charge in [0.1, 0.15) is 0 Å². The van der Waals surface area contributed by atoms with Crippen LogP contribution in [0.5, 0.6) is 0 Å². The Morgan fingerprint density at radius 2 is 1.43 bits per heavy atom. The fourth-order valence-corrected chi connectivity index (χ4v) is 9.67. The van der Waals surface area contributed by atoms with Gasteiger partial charge >= 0.3 is 0 Å². The van der Waals surface area contributed by atoms with Gasteiger partial charge in [0.2, 0.25) is 0 Å². The van der Waals surface area contributed by atoms with Crippen LogP contribution < -0.4 is 0 Å². The molecule has 2 aliphatic heterocycles. The van der Waals surface area contributed by atoms with E-state index in [0.29, 0.717) is 42.8 Å². The van der Waals surface area contributed by atoms with Crippen LogP contribution in [0.15, 0.2) is 0 Å². The highest BCUT2D eigenvalue weighted by Crippen LogP contribution is 2.69. The lowest BCUT2D eigenvalue weighted by molar-refractivity contribution is -0.254. The highest BCUT2D eigenvalue weighted by atomic mass is 16.7. The van der Waals surface area contributed by atoms with Gasteiger partial charge in [-0.05, 0) is 80.0 Å². The first-order valence-corrected chi connectivity index (χ1v) is 12.5. The Balaban J connectivity index is 1.28. The first-order chi connectivity index (χ1) is 14.3. The Bertz CT molecular complexity index is 683. The van der Waals surface area contributed by atoms with Crippen LogP contribution in [-0.4, -0.2) is 49.2 Å². The normalized spacial score (nSPS) is 54.0. The molecule has 1 spiro atoms. The predicted octanol–water partition coefficient (Wildman–Crippen LogP) is 4.12. The molecule has 0 aromatic rings. The highest BCUT2D eigenvalue weighted by Gasteiger charge is 2.67. The molecule has 0 bridgehead atoms. The van der Waals surface area contributed by atoms with Gasteiger partial charge in [-0.2, -0.15) is 0 Å². The summed E-state index contributed by atoms with van der Waals surface area (Å²) in [6.07, 6.45) is 8.70. The molecule has 0 aromatic carbocycles. The van der Waals surface area contributed by atoms with Crippen molar-refractivity contribution >= 4 is 0 Å². The van der Waals surface area contributed by atoms with Crippen LogP contribution in [0, 0.1) is 40.4 Å². The molecule has 5 heteroatoms. The number of hydrogen-bond donors (Lipinski definition) is 1. The molecule has 8 atom stereocenters. The zero-order valence-corrected chi connectivity index (χ0v) is 19.0. The molecule has 4 aliphatic carbocycles. The molecule has 6 fully saturated rings. The van der Waals surface area contributed by atoms with E-state index in [0.717, 1.165) is 38.9 Å². The van der Waals surface area contributed by atoms with Crippen LogP contribution >= 0.6 is 0 Å². The van der Waals surface area contributed by atoms with E-state index in [1.54, 1.807) is 0 Å². The van der Waals surface area contributed by atoms with Gasteiger partial charge in [-0.15, -0.1) is 0 Å². The van der Waals surface area contributed by atoms with E-state index >= 15 is 0 Å². The third-order valence-corrected chi connectivity index (χ3v) is 10.9. The van der Waals surface area contributed by atoms with E-state index in [1.807, 2.05) is 0 Å². The van der Waals surface area contributed by atoms with Crippen molar-refractivity contribution in [3.05, 3.63) is 0 Å². The topological polar surface area (TPSA) is 57.2 Å². The lowest BCUT2D eigenvalue weighted by Crippen LogP contribution is -2.61. The molecule has 5 nitrogen and oxygen atoms in total. The summed E-state index contributed by atoms with van der Waals surface area (Å²) in [6.45, 7) is 9.96. The van der Waals surface area contributed by atoms with E-state index in [2.05, 4.69) is 20.8 Å². The molecule has 0 radical (unpaired) electrons. The molecule has 0 unspecified atom stereocenters. The monoisotopic (exact) mass is 420 g/mol. The maximum atomic E-state index is 11.7. The standard InChI is InChI=1S/C25H40O5/c1-22-8-9-25(29-12-13-30-25)14-16(22)4-5-17-18-6-7-20(24(3)27-10-11-28-24)23(18,2)15-19(26)21(17)22/h16-21,26H,4-15H2,1-3H3/t16-,17+,18+,19+,20-,21-,22+,23-/m0/s1. The van der Waals surface area contributed by atoms with Gasteiger partial charge in [0, 0.05) is 18.8 Å². The average molecular weight is 421 g/mol. The van der Waals surface area contributed by atoms with Crippen LogP contribution in [-0.2, 0) is 18.9 Å². The summed E-state index contributed by atoms with van der Waals surface area (Å²) >= 11 is 0. The van der Waals surface area contributed by atoms with Gasteiger partial charge in [0.05, 0.1) is 32.5 Å². The molecule has 2 saturated heterocycles. The molecule has 30 heavy (non-hydrogen) atoms. The largest absolute Gasteiger partial charge is 0.393 e. The Morgan fingerprint density at radius 1 is 0.733 bits per heavy atom. The van der Waals surface area contributed by atoms with E-state index < -0.39 is 5.79 Å². The van der Waals surface area contributed by atoms with Crippen LogP contribution in [0.2, 0.25) is 0 Å². The number of rotatable bonds is 1. The second-order valence-corrected chi connectivity index (χ2v) is 12.0. The van der Waals surface area contributed by atoms with E-state index in [4.69, 9.17) is 18.9 Å². The van der Waals surface area contributed by atoms with Crippen molar-refractivity contribution in [2.45, 2.75) is 89.8 Å². The molecular weight excluding hydrogens is 380 g/mol. The lowest BCUT2D eigenvalue weighted by atomic mass is 9.43. The second kappa shape index (κ2) is 6.66. The molecule has 6 rings (SSSR count). The minimum Gasteiger partial charge on any atom is -0.393 e. The molecule has 170 valence electrons. The zero-order valence-electron chi connectivity index (χ0n) is 19.0. The van der Waals surface area contributed by atoms with Crippen LogP contribution in [0.1, 0.15) is 72.1 Å². The van der Waals surface area contributed by atoms with Gasteiger partial charge in [-0.25, -0.2) is 0 Å². The number of aliphatic hydroxyl groups excluding tert-OH is 1. The summed E-state index contributed by atoms with van der Waals surface area (Å²) in [4.78, 5) is 0. The zero-order chi connectivity index (χ0) is 20.8. The highest BCUT2D eigenvalue weighted by molar-refractivity contribution is 5.14. The number of ether oxygens (including phenoxy) is 4. The molecule has 1 N–H and O–H groups in total. The maximum Gasteiger partial charge on any atom is 0.169 e. The molecule has 2 heterocycles. The molecule has 6 aliphatic rings. The van der Waals surface area contributed by atoms with Gasteiger partial charge in [0.25, 0.3) is 0 Å². The average Bonchev–Trinajstić information content (AvgIpc) is 3.41. The van der Waals surface area contributed by atoms with E-state index in [1.165, 1.54) is 25.7 Å². The fraction of sp³-hybridized carbons (Fsp3) is 1.00. The second-order valence-electron chi connectivity index (χ2n) is 12.0. The SMILES string of the molecule is CC1([C@H]2CC[C@@H]3[C@H]4CC[C@H]5CC6(CC[C@@]5(C)[C@@H]4[C@H](O)C[C@@]32C)OCCO6)OCCO1. The molecule has 0 amide bonds. The minimum atomic E-state index is -0.467. The van der Waals surface area contributed by atoms with Gasteiger partial charge in [-0.3, -0.25) is 0 Å². The number of hydrogen-bond acceptors (Lipinski definition) is 5. The number of fused-ring (bicyclic) bond motifs is 5. The molecular formula is C25H40O5. The first-order valence-electron chi connectivity index (χ1n) is 12.5. The van der Waals surface area contributed by atoms with Gasteiger partial charge < -0.3 is 24.1 Å². The van der Waals surface area contributed by atoms with Crippen molar-refractivity contribution in [1.29, 1.82) is 0 Å². The smallest absolute Gasteiger partial charge is 0.169 e. The number of aliphatic hydroxyl groups is 1. The summed E-state index contributed by atoms with van der Waals surface area (Å²) in [5.41, 5.74) is 0.309. The third-order valence-electron chi connectivity index (χ3n) is 10.9. The van der Waals surface area contributed by atoms with Crippen LogP contribution in [0.4, 0.5) is 0 Å². The minimum absolute atomic E-state index is 0.108. The van der Waals surface area contributed by atoms with E-state index in [9.17, 15) is 5.11 Å². The van der Waals surface area contributed by atoms with E-state index in [-0.39, 0.29) is 22.7 Å². The summed E-state index contributed by atoms with van der Waals surface area (Å²) < 4.78 is 24.5. The lowest BCUT2D eigenvalue weighted by Gasteiger charge is -2.63. The molecule has 4 saturated carbocycles. The summed E-state index contributed by atoms with van der Waals surface area (Å²) in [5.74, 6) is 1.89. The van der Waals surface area contributed by atoms with Crippen molar-refractivity contribution in [2.24, 2.45) is 40.4 Å². The van der Waals surface area contributed by atoms with Crippen LogP contribution in [0.25, 0.3) is 0 Å². The predicted molar refractivity (Wildman–Crippen MR) is 112 cm³/mol. The third kappa shape index (κ3) is 2.65. The van der Waals surface area contributed by atoms with Crippen molar-refractivity contribution in [3.8, 4) is 0 Å². The van der Waals surface area contributed by atoms with Crippen molar-refractivity contribution in [1.82, 2.24) is 0 Å². The Labute approximate surface area is 181 Å². The van der Waals surface area contributed by atoms with Gasteiger partial charge in [0.15, 0.2) is 11.6 Å². The quantitative estimate of drug-likeness (QED) is 0.691. The van der Waals surface area contributed by atoms with Gasteiger partial charge in [-0.1, -0.05) is 13.8 Å². The molecule has 0 aromatic heterocycles. The summed E-state index contributed by atoms with van der Waals surface area (Å²) in [7, 11) is 0.